The first-order chi connectivity index (χ1) is 8.75. The van der Waals surface area contributed by atoms with Gasteiger partial charge in [-0.2, -0.15) is 13.2 Å². The van der Waals surface area contributed by atoms with E-state index in [0.717, 1.165) is 5.56 Å². The van der Waals surface area contributed by atoms with Crippen molar-refractivity contribution in [3.8, 4) is 0 Å². The molecule has 3 N–H and O–H groups in total. The number of rotatable bonds is 1. The summed E-state index contributed by atoms with van der Waals surface area (Å²) in [6, 6.07) is 3.25. The van der Waals surface area contributed by atoms with Gasteiger partial charge in [0.25, 0.3) is 0 Å². The van der Waals surface area contributed by atoms with E-state index < -0.39 is 11.9 Å². The van der Waals surface area contributed by atoms with E-state index in [4.69, 9.17) is 17.4 Å². The lowest BCUT2D eigenvalue weighted by Crippen LogP contribution is -2.16. The van der Waals surface area contributed by atoms with E-state index in [2.05, 4.69) is 10.4 Å². The van der Waals surface area contributed by atoms with Crippen molar-refractivity contribution < 1.29 is 13.2 Å². The zero-order chi connectivity index (χ0) is 14.4. The summed E-state index contributed by atoms with van der Waals surface area (Å²) in [6.07, 6.45) is -4.56. The normalized spacial score (nSPS) is 11.9. The summed E-state index contributed by atoms with van der Waals surface area (Å²) in [4.78, 5) is 3.64. The number of fused-ring (bicyclic) bond motifs is 1. The first-order valence-electron chi connectivity index (χ1n) is 5.40. The van der Waals surface area contributed by atoms with Gasteiger partial charge in [-0.15, -0.1) is 0 Å². The number of nitrogen functional groups attached to an aromatic ring is 1. The number of aromatic nitrogens is 1. The quantitative estimate of drug-likeness (QED) is 0.620. The number of aryl methyl sites for hydroxylation is 1. The van der Waals surface area contributed by atoms with Crippen LogP contribution in [0.2, 0.25) is 5.02 Å². The Morgan fingerprint density at radius 3 is 2.42 bits per heavy atom. The van der Waals surface area contributed by atoms with Gasteiger partial charge in [0.1, 0.15) is 5.69 Å². The first kappa shape index (κ1) is 13.9. The van der Waals surface area contributed by atoms with Crippen LogP contribution in [0.5, 0.6) is 0 Å². The first-order valence-corrected chi connectivity index (χ1v) is 5.77. The van der Waals surface area contributed by atoms with E-state index in [1.807, 2.05) is 0 Å². The lowest BCUT2D eigenvalue weighted by molar-refractivity contribution is -0.141. The van der Waals surface area contributed by atoms with Gasteiger partial charge < -0.3 is 5.43 Å². The van der Waals surface area contributed by atoms with Crippen molar-refractivity contribution in [1.82, 2.24) is 4.98 Å². The summed E-state index contributed by atoms with van der Waals surface area (Å²) < 4.78 is 38.8. The molecular formula is C12H11ClF3N3. The Kier molecular flexibility index (Phi) is 3.32. The molecule has 3 nitrogen and oxygen atoms in total. The van der Waals surface area contributed by atoms with Crippen LogP contribution in [0.15, 0.2) is 12.1 Å². The van der Waals surface area contributed by atoms with Crippen molar-refractivity contribution >= 4 is 28.2 Å². The molecule has 102 valence electrons. The van der Waals surface area contributed by atoms with Crippen molar-refractivity contribution in [3.05, 3.63) is 34.0 Å². The maximum absolute atomic E-state index is 12.9. The molecule has 7 heteroatoms. The molecule has 0 aliphatic rings. The average molecular weight is 290 g/mol. The lowest BCUT2D eigenvalue weighted by Gasteiger charge is -2.16. The van der Waals surface area contributed by atoms with Gasteiger partial charge in [-0.1, -0.05) is 11.6 Å². The van der Waals surface area contributed by atoms with Crippen molar-refractivity contribution in [2.24, 2.45) is 5.84 Å². The highest BCUT2D eigenvalue weighted by molar-refractivity contribution is 6.35. The molecule has 2 aromatic rings. The molecule has 0 atom stereocenters. The summed E-state index contributed by atoms with van der Waals surface area (Å²) in [7, 11) is 0. The van der Waals surface area contributed by atoms with E-state index in [1.165, 1.54) is 6.92 Å². The molecular weight excluding hydrogens is 279 g/mol. The number of halogens is 4. The number of hydrogen-bond acceptors (Lipinski definition) is 3. The third-order valence-corrected chi connectivity index (χ3v) is 3.13. The highest BCUT2D eigenvalue weighted by Crippen LogP contribution is 2.38. The number of nitrogens with zero attached hydrogens (tertiary/aromatic N) is 1. The second-order valence-corrected chi connectivity index (χ2v) is 4.65. The Bertz CT molecular complexity index is 653. The fraction of sp³-hybridized carbons (Fsp3) is 0.250. The third-order valence-electron chi connectivity index (χ3n) is 2.84. The molecule has 1 heterocycles. The SMILES string of the molecule is Cc1cc(Cl)c2nc(C(F)(F)F)c(C)c(NN)c2c1. The monoisotopic (exact) mass is 289 g/mol. The largest absolute Gasteiger partial charge is 0.433 e. The predicted molar refractivity (Wildman–Crippen MR) is 69.0 cm³/mol. The number of anilines is 1. The summed E-state index contributed by atoms with van der Waals surface area (Å²) >= 11 is 5.97. The Morgan fingerprint density at radius 2 is 1.89 bits per heavy atom. The fourth-order valence-corrected chi connectivity index (χ4v) is 2.33. The smallest absolute Gasteiger partial charge is 0.323 e. The van der Waals surface area contributed by atoms with Gasteiger partial charge in [0, 0.05) is 10.9 Å². The summed E-state index contributed by atoms with van der Waals surface area (Å²) in [5.74, 6) is 5.34. The maximum Gasteiger partial charge on any atom is 0.433 e. The minimum Gasteiger partial charge on any atom is -0.323 e. The van der Waals surface area contributed by atoms with Crippen molar-refractivity contribution in [1.29, 1.82) is 0 Å². The average Bonchev–Trinajstić information content (AvgIpc) is 2.26. The number of nitrogens with one attached hydrogen (secondary N) is 1. The van der Waals surface area contributed by atoms with E-state index in [-0.39, 0.29) is 21.8 Å². The Labute approximate surface area is 112 Å². The number of hydrogen-bond donors (Lipinski definition) is 2. The maximum atomic E-state index is 12.9. The second kappa shape index (κ2) is 4.54. The Morgan fingerprint density at radius 1 is 1.26 bits per heavy atom. The van der Waals surface area contributed by atoms with Crippen LogP contribution in [0, 0.1) is 13.8 Å². The van der Waals surface area contributed by atoms with Crippen LogP contribution in [-0.4, -0.2) is 4.98 Å². The number of alkyl halides is 3. The summed E-state index contributed by atoms with van der Waals surface area (Å²) in [5.41, 5.74) is 2.35. The van der Waals surface area contributed by atoms with Crippen LogP contribution >= 0.6 is 11.6 Å². The van der Waals surface area contributed by atoms with Gasteiger partial charge in [-0.3, -0.25) is 5.84 Å². The predicted octanol–water partition coefficient (Wildman–Crippen LogP) is 3.81. The molecule has 0 unspecified atom stereocenters. The highest BCUT2D eigenvalue weighted by Gasteiger charge is 2.36. The highest BCUT2D eigenvalue weighted by atomic mass is 35.5. The number of nitrogens with two attached hydrogens (primary N) is 1. The lowest BCUT2D eigenvalue weighted by atomic mass is 10.0. The molecule has 0 saturated heterocycles. The molecule has 0 bridgehead atoms. The van der Waals surface area contributed by atoms with Gasteiger partial charge in [0.15, 0.2) is 0 Å². The zero-order valence-corrected chi connectivity index (χ0v) is 10.9. The van der Waals surface area contributed by atoms with Crippen molar-refractivity contribution in [2.45, 2.75) is 20.0 Å². The minimum atomic E-state index is -4.56. The summed E-state index contributed by atoms with van der Waals surface area (Å²) in [6.45, 7) is 3.11. The molecule has 1 aromatic heterocycles. The topological polar surface area (TPSA) is 50.9 Å². The van der Waals surface area contributed by atoms with Crippen LogP contribution < -0.4 is 11.3 Å². The van der Waals surface area contributed by atoms with Crippen LogP contribution in [0.1, 0.15) is 16.8 Å². The molecule has 0 aliphatic carbocycles. The van der Waals surface area contributed by atoms with Crippen LogP contribution in [0.25, 0.3) is 10.9 Å². The third kappa shape index (κ3) is 2.33. The van der Waals surface area contributed by atoms with Gasteiger partial charge in [0.05, 0.1) is 16.2 Å². The Hall–Kier alpha value is -1.53. The molecule has 19 heavy (non-hydrogen) atoms. The number of benzene rings is 1. The van der Waals surface area contributed by atoms with Gasteiger partial charge >= 0.3 is 6.18 Å². The zero-order valence-electron chi connectivity index (χ0n) is 10.2. The number of hydrazine groups is 1. The van der Waals surface area contributed by atoms with Crippen LogP contribution in [-0.2, 0) is 6.18 Å². The molecule has 2 rings (SSSR count). The molecule has 0 fully saturated rings. The van der Waals surface area contributed by atoms with Crippen LogP contribution in [0.3, 0.4) is 0 Å². The standard InChI is InChI=1S/C12H11ClF3N3/c1-5-3-7-9(19-17)6(2)11(12(14,15)16)18-10(7)8(13)4-5/h3-4H,17H2,1-2H3,(H,18,19). The molecule has 1 aromatic carbocycles. The van der Waals surface area contributed by atoms with Crippen molar-refractivity contribution in [2.75, 3.05) is 5.43 Å². The van der Waals surface area contributed by atoms with Gasteiger partial charge in [-0.05, 0) is 31.5 Å². The second-order valence-electron chi connectivity index (χ2n) is 4.25. The molecule has 0 amide bonds. The molecule has 0 radical (unpaired) electrons. The van der Waals surface area contributed by atoms with E-state index in [0.29, 0.717) is 5.39 Å². The summed E-state index contributed by atoms with van der Waals surface area (Å²) in [5, 5.41) is 0.634. The van der Waals surface area contributed by atoms with E-state index >= 15 is 0 Å². The fourth-order valence-electron chi connectivity index (χ4n) is 2.02. The molecule has 0 spiro atoms. The number of pyridine rings is 1. The van der Waals surface area contributed by atoms with E-state index in [9.17, 15) is 13.2 Å². The van der Waals surface area contributed by atoms with Gasteiger partial charge in [-0.25, -0.2) is 4.98 Å². The van der Waals surface area contributed by atoms with Crippen molar-refractivity contribution in [3.63, 3.8) is 0 Å². The Balaban J connectivity index is 2.95. The van der Waals surface area contributed by atoms with Gasteiger partial charge in [0.2, 0.25) is 0 Å². The minimum absolute atomic E-state index is 0.0517. The molecule has 0 saturated carbocycles. The van der Waals surface area contributed by atoms with Crippen LogP contribution in [0.4, 0.5) is 18.9 Å². The molecule has 0 aliphatic heterocycles. The van der Waals surface area contributed by atoms with E-state index in [1.54, 1.807) is 19.1 Å².